The number of nitrogens with one attached hydrogen (secondary N) is 2. The van der Waals surface area contributed by atoms with E-state index in [2.05, 4.69) is 30.2 Å². The fraction of sp³-hybridized carbons (Fsp3) is 0.357. The second-order valence-electron chi connectivity index (χ2n) is 4.22. The number of anilines is 1. The summed E-state index contributed by atoms with van der Waals surface area (Å²) in [7, 11) is 0. The quantitative estimate of drug-likeness (QED) is 0.765. The van der Waals surface area contributed by atoms with Gasteiger partial charge in [-0.2, -0.15) is 0 Å². The monoisotopic (exact) mass is 232 g/mol. The van der Waals surface area contributed by atoms with Gasteiger partial charge >= 0.3 is 0 Å². The summed E-state index contributed by atoms with van der Waals surface area (Å²) in [5.74, 6) is -0.0233. The van der Waals surface area contributed by atoms with Crippen LogP contribution in [-0.4, -0.2) is 18.5 Å². The lowest BCUT2D eigenvalue weighted by Crippen LogP contribution is -2.37. The molecular weight excluding hydrogens is 212 g/mol. The lowest BCUT2D eigenvalue weighted by atomic mass is 10.1. The van der Waals surface area contributed by atoms with Crippen molar-refractivity contribution in [2.45, 2.75) is 26.8 Å². The molecule has 1 aromatic carbocycles. The summed E-state index contributed by atoms with van der Waals surface area (Å²) >= 11 is 0. The Morgan fingerprint density at radius 3 is 2.76 bits per heavy atom. The molecule has 1 aromatic rings. The molecule has 92 valence electrons. The second kappa shape index (κ2) is 6.09. The van der Waals surface area contributed by atoms with Crippen molar-refractivity contribution in [3.63, 3.8) is 0 Å². The van der Waals surface area contributed by atoms with Crippen molar-refractivity contribution in [1.82, 2.24) is 5.32 Å². The summed E-state index contributed by atoms with van der Waals surface area (Å²) in [5, 5.41) is 5.96. The van der Waals surface area contributed by atoms with Crippen LogP contribution in [-0.2, 0) is 4.79 Å². The Morgan fingerprint density at radius 2 is 2.18 bits per heavy atom. The van der Waals surface area contributed by atoms with Gasteiger partial charge in [0.1, 0.15) is 6.04 Å². The Morgan fingerprint density at radius 1 is 1.47 bits per heavy atom. The number of amides is 1. The Balaban J connectivity index is 2.64. The van der Waals surface area contributed by atoms with E-state index >= 15 is 0 Å². The molecule has 0 aromatic heterocycles. The van der Waals surface area contributed by atoms with E-state index in [1.165, 1.54) is 5.56 Å². The van der Waals surface area contributed by atoms with E-state index in [1.54, 1.807) is 6.08 Å². The topological polar surface area (TPSA) is 41.1 Å². The van der Waals surface area contributed by atoms with Gasteiger partial charge in [-0.05, 0) is 32.4 Å². The third-order valence-corrected chi connectivity index (χ3v) is 2.57. The van der Waals surface area contributed by atoms with Gasteiger partial charge in [-0.1, -0.05) is 23.8 Å². The molecule has 0 spiro atoms. The van der Waals surface area contributed by atoms with Gasteiger partial charge in [0.2, 0.25) is 5.91 Å². The lowest BCUT2D eigenvalue weighted by molar-refractivity contribution is -0.121. The molecule has 2 N–H and O–H groups in total. The van der Waals surface area contributed by atoms with Crippen molar-refractivity contribution < 1.29 is 4.79 Å². The second-order valence-corrected chi connectivity index (χ2v) is 4.22. The molecule has 1 atom stereocenters. The van der Waals surface area contributed by atoms with Crippen LogP contribution in [0.4, 0.5) is 5.69 Å². The maximum atomic E-state index is 11.7. The van der Waals surface area contributed by atoms with Gasteiger partial charge in [-0.15, -0.1) is 6.58 Å². The molecule has 0 aliphatic heterocycles. The summed E-state index contributed by atoms with van der Waals surface area (Å²) in [6.07, 6.45) is 1.67. The van der Waals surface area contributed by atoms with Gasteiger partial charge in [0, 0.05) is 12.2 Å². The van der Waals surface area contributed by atoms with Crippen molar-refractivity contribution in [3.05, 3.63) is 42.0 Å². The number of benzene rings is 1. The molecule has 0 aliphatic carbocycles. The van der Waals surface area contributed by atoms with E-state index in [4.69, 9.17) is 0 Å². The highest BCUT2D eigenvalue weighted by atomic mass is 16.2. The number of hydrogen-bond donors (Lipinski definition) is 2. The molecule has 17 heavy (non-hydrogen) atoms. The van der Waals surface area contributed by atoms with E-state index < -0.39 is 0 Å². The highest BCUT2D eigenvalue weighted by Crippen LogP contribution is 2.16. The molecule has 0 bridgehead atoms. The van der Waals surface area contributed by atoms with Crippen LogP contribution in [0.25, 0.3) is 0 Å². The van der Waals surface area contributed by atoms with Crippen LogP contribution >= 0.6 is 0 Å². The summed E-state index contributed by atoms with van der Waals surface area (Å²) in [5.41, 5.74) is 3.36. The molecule has 0 fully saturated rings. The van der Waals surface area contributed by atoms with Gasteiger partial charge in [-0.25, -0.2) is 0 Å². The van der Waals surface area contributed by atoms with Crippen LogP contribution in [0.3, 0.4) is 0 Å². The molecule has 0 radical (unpaired) electrons. The maximum Gasteiger partial charge on any atom is 0.242 e. The molecule has 1 unspecified atom stereocenters. The molecule has 3 heteroatoms. The van der Waals surface area contributed by atoms with Crippen molar-refractivity contribution in [2.75, 3.05) is 11.9 Å². The largest absolute Gasteiger partial charge is 0.374 e. The average molecular weight is 232 g/mol. The Kier molecular flexibility index (Phi) is 4.76. The van der Waals surface area contributed by atoms with E-state index in [9.17, 15) is 4.79 Å². The van der Waals surface area contributed by atoms with E-state index in [-0.39, 0.29) is 11.9 Å². The van der Waals surface area contributed by atoms with Gasteiger partial charge < -0.3 is 10.6 Å². The van der Waals surface area contributed by atoms with Crippen molar-refractivity contribution in [2.24, 2.45) is 0 Å². The lowest BCUT2D eigenvalue weighted by Gasteiger charge is -2.16. The van der Waals surface area contributed by atoms with E-state index in [1.807, 2.05) is 26.0 Å². The standard InChI is InChI=1S/C14H20N2O/c1-5-8-15-14(17)12(4)16-13-7-6-10(2)9-11(13)3/h5-7,9,12,16H,1,8H2,2-4H3,(H,15,17). The number of rotatable bonds is 5. The first-order chi connectivity index (χ1) is 8.04. The van der Waals surface area contributed by atoms with Gasteiger partial charge in [-0.3, -0.25) is 4.79 Å². The molecule has 0 aliphatic rings. The highest BCUT2D eigenvalue weighted by molar-refractivity contribution is 5.84. The minimum absolute atomic E-state index is 0.0233. The highest BCUT2D eigenvalue weighted by Gasteiger charge is 2.12. The molecular formula is C14H20N2O. The molecule has 1 rings (SSSR count). The molecule has 0 saturated heterocycles. The summed E-state index contributed by atoms with van der Waals surface area (Å²) in [6.45, 7) is 9.99. The van der Waals surface area contributed by atoms with Crippen LogP contribution in [0.15, 0.2) is 30.9 Å². The zero-order valence-electron chi connectivity index (χ0n) is 10.7. The minimum Gasteiger partial charge on any atom is -0.374 e. The van der Waals surface area contributed by atoms with Crippen LogP contribution in [0.2, 0.25) is 0 Å². The third kappa shape index (κ3) is 3.94. The smallest absolute Gasteiger partial charge is 0.242 e. The third-order valence-electron chi connectivity index (χ3n) is 2.57. The number of aryl methyl sites for hydroxylation is 2. The van der Waals surface area contributed by atoms with Crippen molar-refractivity contribution in [1.29, 1.82) is 0 Å². The molecule has 0 heterocycles. The Bertz CT molecular complexity index is 413. The van der Waals surface area contributed by atoms with E-state index in [0.29, 0.717) is 6.54 Å². The minimum atomic E-state index is -0.253. The molecule has 0 saturated carbocycles. The fourth-order valence-corrected chi connectivity index (χ4v) is 1.60. The zero-order chi connectivity index (χ0) is 12.8. The van der Waals surface area contributed by atoms with Crippen LogP contribution in [0.5, 0.6) is 0 Å². The number of hydrogen-bond acceptors (Lipinski definition) is 2. The summed E-state index contributed by atoms with van der Waals surface area (Å²) < 4.78 is 0. The number of carbonyl (C=O) groups excluding carboxylic acids is 1. The van der Waals surface area contributed by atoms with Crippen molar-refractivity contribution in [3.8, 4) is 0 Å². The average Bonchev–Trinajstić information content (AvgIpc) is 2.29. The predicted molar refractivity (Wildman–Crippen MR) is 72.2 cm³/mol. The van der Waals surface area contributed by atoms with Crippen molar-refractivity contribution >= 4 is 11.6 Å². The van der Waals surface area contributed by atoms with Gasteiger partial charge in [0.05, 0.1) is 0 Å². The van der Waals surface area contributed by atoms with Crippen LogP contribution < -0.4 is 10.6 Å². The Labute approximate surface area is 103 Å². The van der Waals surface area contributed by atoms with Gasteiger partial charge in [0.15, 0.2) is 0 Å². The first kappa shape index (κ1) is 13.3. The predicted octanol–water partition coefficient (Wildman–Crippen LogP) is 2.41. The summed E-state index contributed by atoms with van der Waals surface area (Å²) in [6, 6.07) is 5.87. The van der Waals surface area contributed by atoms with Crippen LogP contribution in [0.1, 0.15) is 18.1 Å². The summed E-state index contributed by atoms with van der Waals surface area (Å²) in [4.78, 5) is 11.7. The fourth-order valence-electron chi connectivity index (χ4n) is 1.60. The Hall–Kier alpha value is -1.77. The first-order valence-corrected chi connectivity index (χ1v) is 5.77. The first-order valence-electron chi connectivity index (χ1n) is 5.77. The number of carbonyl (C=O) groups is 1. The maximum absolute atomic E-state index is 11.7. The van der Waals surface area contributed by atoms with Crippen LogP contribution in [0, 0.1) is 13.8 Å². The molecule has 1 amide bonds. The normalized spacial score (nSPS) is 11.7. The SMILES string of the molecule is C=CCNC(=O)C(C)Nc1ccc(C)cc1C. The van der Waals surface area contributed by atoms with Gasteiger partial charge in [0.25, 0.3) is 0 Å². The zero-order valence-corrected chi connectivity index (χ0v) is 10.7. The van der Waals surface area contributed by atoms with E-state index in [0.717, 1.165) is 11.3 Å². The molecule has 3 nitrogen and oxygen atoms in total.